The van der Waals surface area contributed by atoms with E-state index in [1.807, 2.05) is 54.3 Å². The van der Waals surface area contributed by atoms with Crippen LogP contribution in [0.15, 0.2) is 48.7 Å². The molecule has 3 heterocycles. The number of aromatic nitrogens is 1. The Labute approximate surface area is 160 Å². The SMILES string of the molecule is Cc1cc(C2(O)CC3CCCC(C2)N3C(=O)OCc2ccccc2)ccn1. The number of hydrogen-bond donors (Lipinski definition) is 1. The highest BCUT2D eigenvalue weighted by Crippen LogP contribution is 2.44. The molecule has 2 atom stereocenters. The molecular formula is C22H26N2O3. The van der Waals surface area contributed by atoms with Crippen LogP contribution in [0.2, 0.25) is 0 Å². The van der Waals surface area contributed by atoms with Crippen LogP contribution in [0, 0.1) is 6.92 Å². The Kier molecular flexibility index (Phi) is 4.87. The zero-order valence-corrected chi connectivity index (χ0v) is 15.7. The number of nitrogens with zero attached hydrogens (tertiary/aromatic N) is 2. The Hall–Kier alpha value is -2.40. The summed E-state index contributed by atoms with van der Waals surface area (Å²) in [4.78, 5) is 18.9. The number of hydrogen-bond acceptors (Lipinski definition) is 4. The summed E-state index contributed by atoms with van der Waals surface area (Å²) in [6.07, 6.45) is 5.48. The van der Waals surface area contributed by atoms with E-state index in [4.69, 9.17) is 4.74 Å². The Morgan fingerprint density at radius 3 is 2.59 bits per heavy atom. The van der Waals surface area contributed by atoms with Crippen LogP contribution in [0.1, 0.15) is 48.9 Å². The summed E-state index contributed by atoms with van der Waals surface area (Å²) in [6, 6.07) is 13.6. The fourth-order valence-electron chi connectivity index (χ4n) is 4.59. The molecule has 4 rings (SSSR count). The first-order chi connectivity index (χ1) is 13.0. The second-order valence-corrected chi connectivity index (χ2v) is 7.81. The van der Waals surface area contributed by atoms with Crippen molar-refractivity contribution in [2.45, 2.75) is 63.3 Å². The van der Waals surface area contributed by atoms with Gasteiger partial charge < -0.3 is 14.7 Å². The van der Waals surface area contributed by atoms with Gasteiger partial charge in [-0.2, -0.15) is 0 Å². The molecule has 0 spiro atoms. The molecule has 5 heteroatoms. The molecule has 2 aliphatic heterocycles. The number of pyridine rings is 1. The highest BCUT2D eigenvalue weighted by Gasteiger charge is 2.48. The molecular weight excluding hydrogens is 340 g/mol. The fourth-order valence-corrected chi connectivity index (χ4v) is 4.59. The van der Waals surface area contributed by atoms with Crippen LogP contribution in [-0.4, -0.2) is 33.2 Å². The molecule has 2 unspecified atom stereocenters. The van der Waals surface area contributed by atoms with E-state index in [9.17, 15) is 9.90 Å². The number of rotatable bonds is 3. The minimum atomic E-state index is -0.903. The summed E-state index contributed by atoms with van der Waals surface area (Å²) in [5.41, 5.74) is 1.89. The molecule has 5 nitrogen and oxygen atoms in total. The average molecular weight is 366 g/mol. The second-order valence-electron chi connectivity index (χ2n) is 7.81. The van der Waals surface area contributed by atoms with Gasteiger partial charge in [-0.05, 0) is 49.4 Å². The van der Waals surface area contributed by atoms with E-state index >= 15 is 0 Å². The van der Waals surface area contributed by atoms with E-state index in [1.54, 1.807) is 6.20 Å². The molecule has 2 saturated heterocycles. The molecule has 2 aromatic rings. The number of piperidine rings is 2. The maximum atomic E-state index is 12.8. The highest BCUT2D eigenvalue weighted by molar-refractivity contribution is 5.69. The monoisotopic (exact) mass is 366 g/mol. The zero-order chi connectivity index (χ0) is 18.9. The molecule has 2 bridgehead atoms. The first-order valence-corrected chi connectivity index (χ1v) is 9.70. The molecule has 2 fully saturated rings. The van der Waals surface area contributed by atoms with E-state index in [0.29, 0.717) is 12.8 Å². The van der Waals surface area contributed by atoms with E-state index in [-0.39, 0.29) is 24.8 Å². The van der Waals surface area contributed by atoms with Crippen molar-refractivity contribution in [3.05, 3.63) is 65.5 Å². The minimum absolute atomic E-state index is 0.0132. The second kappa shape index (κ2) is 7.31. The van der Waals surface area contributed by atoms with Crippen LogP contribution in [-0.2, 0) is 16.9 Å². The maximum Gasteiger partial charge on any atom is 0.410 e. The summed E-state index contributed by atoms with van der Waals surface area (Å²) in [6.45, 7) is 2.22. The molecule has 27 heavy (non-hydrogen) atoms. The van der Waals surface area contributed by atoms with Gasteiger partial charge in [-0.1, -0.05) is 30.3 Å². The molecule has 2 aliphatic rings. The quantitative estimate of drug-likeness (QED) is 0.894. The summed E-state index contributed by atoms with van der Waals surface area (Å²) < 4.78 is 5.59. The van der Waals surface area contributed by atoms with Gasteiger partial charge in [-0.25, -0.2) is 4.79 Å². The number of carbonyl (C=O) groups is 1. The lowest BCUT2D eigenvalue weighted by Gasteiger charge is -2.51. The predicted molar refractivity (Wildman–Crippen MR) is 102 cm³/mol. The van der Waals surface area contributed by atoms with Crippen molar-refractivity contribution < 1.29 is 14.6 Å². The van der Waals surface area contributed by atoms with Crippen LogP contribution < -0.4 is 0 Å². The van der Waals surface area contributed by atoms with Crippen LogP contribution >= 0.6 is 0 Å². The highest BCUT2D eigenvalue weighted by atomic mass is 16.6. The Morgan fingerprint density at radius 2 is 1.93 bits per heavy atom. The molecule has 0 aliphatic carbocycles. The van der Waals surface area contributed by atoms with Gasteiger partial charge in [-0.15, -0.1) is 0 Å². The number of ether oxygens (including phenoxy) is 1. The number of aliphatic hydroxyl groups is 1. The summed E-state index contributed by atoms with van der Waals surface area (Å²) >= 11 is 0. The first kappa shape index (κ1) is 18.0. The topological polar surface area (TPSA) is 62.7 Å². The number of fused-ring (bicyclic) bond motifs is 2. The van der Waals surface area contributed by atoms with Gasteiger partial charge >= 0.3 is 6.09 Å². The fraction of sp³-hybridized carbons (Fsp3) is 0.455. The van der Waals surface area contributed by atoms with Crippen molar-refractivity contribution in [3.8, 4) is 0 Å². The van der Waals surface area contributed by atoms with Crippen molar-refractivity contribution in [2.24, 2.45) is 0 Å². The van der Waals surface area contributed by atoms with Crippen molar-refractivity contribution in [1.29, 1.82) is 0 Å². The number of aryl methyl sites for hydroxylation is 1. The van der Waals surface area contributed by atoms with Gasteiger partial charge in [0.2, 0.25) is 0 Å². The average Bonchev–Trinajstić information content (AvgIpc) is 2.66. The lowest BCUT2D eigenvalue weighted by Crippen LogP contribution is -2.58. The normalized spacial score (nSPS) is 27.3. The Morgan fingerprint density at radius 1 is 1.22 bits per heavy atom. The third-order valence-electron chi connectivity index (χ3n) is 5.86. The van der Waals surface area contributed by atoms with Crippen LogP contribution in [0.5, 0.6) is 0 Å². The van der Waals surface area contributed by atoms with Crippen LogP contribution in [0.4, 0.5) is 4.79 Å². The molecule has 0 radical (unpaired) electrons. The zero-order valence-electron chi connectivity index (χ0n) is 15.7. The van der Waals surface area contributed by atoms with Crippen LogP contribution in [0.3, 0.4) is 0 Å². The van der Waals surface area contributed by atoms with Gasteiger partial charge in [0.15, 0.2) is 0 Å². The van der Waals surface area contributed by atoms with Crippen molar-refractivity contribution in [3.63, 3.8) is 0 Å². The van der Waals surface area contributed by atoms with Gasteiger partial charge in [0.05, 0.1) is 5.60 Å². The third kappa shape index (κ3) is 3.69. The maximum absolute atomic E-state index is 12.8. The summed E-state index contributed by atoms with van der Waals surface area (Å²) in [5.74, 6) is 0. The van der Waals surface area contributed by atoms with E-state index in [0.717, 1.165) is 36.1 Å². The standard InChI is InChI=1S/C22H26N2O3/c1-16-12-18(10-11-23-16)22(26)13-19-8-5-9-20(14-22)24(19)21(25)27-15-17-6-3-2-4-7-17/h2-4,6-7,10-12,19-20,26H,5,8-9,13-15H2,1H3. The van der Waals surface area contributed by atoms with E-state index in [1.165, 1.54) is 0 Å². The summed E-state index contributed by atoms with van der Waals surface area (Å²) in [7, 11) is 0. The van der Waals surface area contributed by atoms with Gasteiger partial charge in [0, 0.05) is 36.8 Å². The predicted octanol–water partition coefficient (Wildman–Crippen LogP) is 3.93. The van der Waals surface area contributed by atoms with Crippen molar-refractivity contribution >= 4 is 6.09 Å². The molecule has 1 aromatic carbocycles. The number of benzene rings is 1. The third-order valence-corrected chi connectivity index (χ3v) is 5.86. The van der Waals surface area contributed by atoms with Gasteiger partial charge in [0.25, 0.3) is 0 Å². The Balaban J connectivity index is 1.49. The molecule has 142 valence electrons. The summed E-state index contributed by atoms with van der Waals surface area (Å²) in [5, 5.41) is 11.4. The lowest BCUT2D eigenvalue weighted by molar-refractivity contribution is -0.0897. The van der Waals surface area contributed by atoms with Gasteiger partial charge in [-0.3, -0.25) is 4.98 Å². The van der Waals surface area contributed by atoms with Gasteiger partial charge in [0.1, 0.15) is 6.61 Å². The molecule has 1 N–H and O–H groups in total. The van der Waals surface area contributed by atoms with E-state index in [2.05, 4.69) is 4.98 Å². The largest absolute Gasteiger partial charge is 0.445 e. The molecule has 1 amide bonds. The smallest absolute Gasteiger partial charge is 0.410 e. The van der Waals surface area contributed by atoms with Crippen molar-refractivity contribution in [2.75, 3.05) is 0 Å². The lowest BCUT2D eigenvalue weighted by atomic mass is 9.73. The minimum Gasteiger partial charge on any atom is -0.445 e. The first-order valence-electron chi connectivity index (χ1n) is 9.70. The van der Waals surface area contributed by atoms with Crippen molar-refractivity contribution in [1.82, 2.24) is 9.88 Å². The Bertz CT molecular complexity index is 794. The number of amides is 1. The molecule has 0 saturated carbocycles. The molecule has 1 aromatic heterocycles. The van der Waals surface area contributed by atoms with E-state index < -0.39 is 5.60 Å². The number of carbonyl (C=O) groups excluding carboxylic acids is 1. The van der Waals surface area contributed by atoms with Crippen LogP contribution in [0.25, 0.3) is 0 Å².